The Morgan fingerprint density at radius 2 is 1.72 bits per heavy atom. The van der Waals surface area contributed by atoms with Gasteiger partial charge < -0.3 is 14.2 Å². The van der Waals surface area contributed by atoms with Gasteiger partial charge in [-0.25, -0.2) is 0 Å². The molecule has 2 aliphatic rings. The lowest BCUT2D eigenvalue weighted by atomic mass is 9.69. The van der Waals surface area contributed by atoms with E-state index < -0.39 is 0 Å². The number of hydrogen-bond acceptors (Lipinski definition) is 3. The summed E-state index contributed by atoms with van der Waals surface area (Å²) in [5.74, 6) is 0.244. The highest BCUT2D eigenvalue weighted by molar-refractivity contribution is 6.49. The molecule has 1 aliphatic carbocycles. The molecule has 4 heteroatoms. The van der Waals surface area contributed by atoms with Crippen molar-refractivity contribution in [2.24, 2.45) is 0 Å². The van der Waals surface area contributed by atoms with Crippen molar-refractivity contribution in [1.82, 2.24) is 4.90 Å². The molecule has 18 heavy (non-hydrogen) atoms. The van der Waals surface area contributed by atoms with Gasteiger partial charge in [-0.15, -0.1) is 0 Å². The molecule has 0 amide bonds. The number of hydrogen-bond donors (Lipinski definition) is 0. The van der Waals surface area contributed by atoms with Crippen molar-refractivity contribution in [2.45, 2.75) is 44.7 Å². The zero-order valence-corrected chi connectivity index (χ0v) is 12.4. The van der Waals surface area contributed by atoms with Crippen molar-refractivity contribution < 1.29 is 9.31 Å². The molecule has 1 heterocycles. The van der Waals surface area contributed by atoms with Crippen LogP contribution in [-0.4, -0.2) is 43.9 Å². The smallest absolute Gasteiger partial charge is 0.403 e. The summed E-state index contributed by atoms with van der Waals surface area (Å²) in [5.41, 5.74) is 0.854. The average Bonchev–Trinajstić information content (AvgIpc) is 2.69. The van der Waals surface area contributed by atoms with E-state index in [4.69, 9.17) is 9.31 Å². The molecule has 0 spiro atoms. The Morgan fingerprint density at radius 3 is 2.22 bits per heavy atom. The molecule has 0 bridgehead atoms. The van der Waals surface area contributed by atoms with Crippen LogP contribution in [0.4, 0.5) is 0 Å². The Morgan fingerprint density at radius 1 is 1.17 bits per heavy atom. The zero-order valence-electron chi connectivity index (χ0n) is 12.4. The largest absolute Gasteiger partial charge is 0.469 e. The van der Waals surface area contributed by atoms with Gasteiger partial charge in [-0.1, -0.05) is 23.8 Å². The Hall–Kier alpha value is -0.575. The maximum Gasteiger partial charge on any atom is 0.469 e. The highest BCUT2D eigenvalue weighted by Gasteiger charge is 2.54. The first-order valence-corrected chi connectivity index (χ1v) is 6.60. The first-order valence-electron chi connectivity index (χ1n) is 6.60. The second-order valence-corrected chi connectivity index (χ2v) is 6.51. The highest BCUT2D eigenvalue weighted by atomic mass is 16.7. The highest BCUT2D eigenvalue weighted by Crippen LogP contribution is 2.43. The van der Waals surface area contributed by atoms with Gasteiger partial charge in [0.15, 0.2) is 0 Å². The molecule has 1 aliphatic heterocycles. The maximum atomic E-state index is 6.13. The Labute approximate surface area is 111 Å². The summed E-state index contributed by atoms with van der Waals surface area (Å²) >= 11 is 0. The van der Waals surface area contributed by atoms with Gasteiger partial charge in [-0.3, -0.25) is 0 Å². The molecule has 0 aromatic rings. The van der Waals surface area contributed by atoms with Crippen molar-refractivity contribution in [2.75, 3.05) is 20.6 Å². The summed E-state index contributed by atoms with van der Waals surface area (Å²) in [6.45, 7) is 9.34. The molecule has 1 unspecified atom stereocenters. The van der Waals surface area contributed by atoms with Crippen LogP contribution in [-0.2, 0) is 9.31 Å². The summed E-state index contributed by atoms with van der Waals surface area (Å²) in [6, 6.07) is 0. The topological polar surface area (TPSA) is 21.7 Å². The van der Waals surface area contributed by atoms with Crippen LogP contribution in [0.15, 0.2) is 23.8 Å². The molecule has 0 saturated carbocycles. The van der Waals surface area contributed by atoms with Crippen LogP contribution in [0.5, 0.6) is 0 Å². The zero-order chi connectivity index (χ0) is 13.6. The summed E-state index contributed by atoms with van der Waals surface area (Å²) in [5, 5.41) is 0. The van der Waals surface area contributed by atoms with E-state index in [2.05, 4.69) is 64.9 Å². The van der Waals surface area contributed by atoms with Crippen LogP contribution in [0.2, 0.25) is 5.82 Å². The minimum Gasteiger partial charge on any atom is -0.403 e. The molecule has 1 atom stereocenters. The van der Waals surface area contributed by atoms with E-state index >= 15 is 0 Å². The van der Waals surface area contributed by atoms with E-state index in [1.807, 2.05) is 0 Å². The Kier molecular flexibility index (Phi) is 3.47. The third-order valence-corrected chi connectivity index (χ3v) is 4.12. The van der Waals surface area contributed by atoms with E-state index in [1.165, 1.54) is 5.57 Å². The van der Waals surface area contributed by atoms with Gasteiger partial charge in [0.2, 0.25) is 0 Å². The van der Waals surface area contributed by atoms with Crippen LogP contribution in [0, 0.1) is 0 Å². The van der Waals surface area contributed by atoms with Crippen molar-refractivity contribution in [3.05, 3.63) is 23.8 Å². The van der Waals surface area contributed by atoms with Gasteiger partial charge in [-0.2, -0.15) is 0 Å². The summed E-state index contributed by atoms with van der Waals surface area (Å²) in [4.78, 5) is 2.18. The van der Waals surface area contributed by atoms with Gasteiger partial charge >= 0.3 is 7.12 Å². The minimum atomic E-state index is -0.253. The fraction of sp³-hybridized carbons (Fsp3) is 0.714. The normalized spacial score (nSPS) is 29.2. The molecule has 0 aromatic heterocycles. The van der Waals surface area contributed by atoms with Gasteiger partial charge in [0, 0.05) is 12.4 Å². The second-order valence-electron chi connectivity index (χ2n) is 6.51. The first-order chi connectivity index (χ1) is 8.23. The van der Waals surface area contributed by atoms with Crippen molar-refractivity contribution in [1.29, 1.82) is 0 Å². The quantitative estimate of drug-likeness (QED) is 0.717. The summed E-state index contributed by atoms with van der Waals surface area (Å²) < 4.78 is 12.3. The molecule has 0 radical (unpaired) electrons. The fourth-order valence-corrected chi connectivity index (χ4v) is 2.36. The average molecular weight is 249 g/mol. The van der Waals surface area contributed by atoms with Gasteiger partial charge in [0.25, 0.3) is 0 Å². The predicted octanol–water partition coefficient (Wildman–Crippen LogP) is 2.51. The molecule has 1 saturated heterocycles. The van der Waals surface area contributed by atoms with Crippen LogP contribution in [0.1, 0.15) is 27.7 Å². The van der Waals surface area contributed by atoms with E-state index in [-0.39, 0.29) is 24.1 Å². The standard InChI is InChI=1S/C14H24BNO2/c1-13(2)14(3,4)18-15(17-13)12-9-7-8-11(12)10-16(5)6/h7-9,12H,10H2,1-6H3. The van der Waals surface area contributed by atoms with Crippen LogP contribution >= 0.6 is 0 Å². The van der Waals surface area contributed by atoms with E-state index in [1.54, 1.807) is 0 Å². The number of allylic oxidation sites excluding steroid dienone is 3. The SMILES string of the molecule is CN(C)CC1=CC=CC1B1OC(C)(C)C(C)(C)O1. The third-order valence-electron chi connectivity index (χ3n) is 4.12. The minimum absolute atomic E-state index is 0.167. The van der Waals surface area contributed by atoms with Gasteiger partial charge in [0.05, 0.1) is 11.2 Å². The molecule has 1 fully saturated rings. The van der Waals surface area contributed by atoms with Gasteiger partial charge in [-0.05, 0) is 41.8 Å². The van der Waals surface area contributed by atoms with E-state index in [0.29, 0.717) is 0 Å². The second kappa shape index (κ2) is 4.51. The molecule has 100 valence electrons. The predicted molar refractivity (Wildman–Crippen MR) is 75.6 cm³/mol. The lowest BCUT2D eigenvalue weighted by molar-refractivity contribution is 0.00578. The summed E-state index contributed by atoms with van der Waals surface area (Å²) in [7, 11) is 4.00. The van der Waals surface area contributed by atoms with Crippen molar-refractivity contribution in [3.63, 3.8) is 0 Å². The summed E-state index contributed by atoms with van der Waals surface area (Å²) in [6.07, 6.45) is 6.46. The lowest BCUT2D eigenvalue weighted by Gasteiger charge is -2.32. The molecule has 3 nitrogen and oxygen atoms in total. The van der Waals surface area contributed by atoms with E-state index in [0.717, 1.165) is 6.54 Å². The Bertz CT molecular complexity index is 369. The molecular weight excluding hydrogens is 225 g/mol. The lowest BCUT2D eigenvalue weighted by Crippen LogP contribution is -2.41. The monoisotopic (exact) mass is 249 g/mol. The maximum absolute atomic E-state index is 6.13. The fourth-order valence-electron chi connectivity index (χ4n) is 2.36. The van der Waals surface area contributed by atoms with Crippen LogP contribution < -0.4 is 0 Å². The van der Waals surface area contributed by atoms with Crippen molar-refractivity contribution >= 4 is 7.12 Å². The Balaban J connectivity index is 2.10. The number of likely N-dealkylation sites (N-methyl/N-ethyl adjacent to an activating group) is 1. The number of rotatable bonds is 3. The van der Waals surface area contributed by atoms with Crippen LogP contribution in [0.3, 0.4) is 0 Å². The molecule has 0 aromatic carbocycles. The van der Waals surface area contributed by atoms with E-state index in [9.17, 15) is 0 Å². The first kappa shape index (κ1) is 13.8. The van der Waals surface area contributed by atoms with Crippen LogP contribution in [0.25, 0.3) is 0 Å². The number of nitrogens with zero attached hydrogens (tertiary/aromatic N) is 1. The molecule has 2 rings (SSSR count). The van der Waals surface area contributed by atoms with Gasteiger partial charge in [0.1, 0.15) is 0 Å². The molecule has 0 N–H and O–H groups in total. The molecular formula is C14H24BNO2. The third kappa shape index (κ3) is 2.42. The van der Waals surface area contributed by atoms with Crippen molar-refractivity contribution in [3.8, 4) is 0 Å².